The monoisotopic (exact) mass is 649 g/mol. The molecule has 2 aromatic carbocycles. The molecule has 1 aromatic heterocycles. The molecule has 0 amide bonds. The smallest absolute Gasteiger partial charge is 0.332 e. The van der Waals surface area contributed by atoms with Crippen LogP contribution in [0.2, 0.25) is 5.02 Å². The van der Waals surface area contributed by atoms with Gasteiger partial charge in [-0.1, -0.05) is 37.2 Å². The number of anilines is 1. The van der Waals surface area contributed by atoms with Crippen LogP contribution in [-0.2, 0) is 18.9 Å². The fourth-order valence-electron chi connectivity index (χ4n) is 6.66. The van der Waals surface area contributed by atoms with Gasteiger partial charge in [-0.15, -0.1) is 0 Å². The molecule has 6 rings (SSSR count). The zero-order valence-corrected chi connectivity index (χ0v) is 26.9. The zero-order chi connectivity index (χ0) is 33.2. The highest BCUT2D eigenvalue weighted by atomic mass is 35.5. The van der Waals surface area contributed by atoms with Gasteiger partial charge in [-0.05, 0) is 24.1 Å². The van der Waals surface area contributed by atoms with Gasteiger partial charge < -0.3 is 29.0 Å². The predicted octanol–water partition coefficient (Wildman–Crippen LogP) is 3.76. The Morgan fingerprint density at radius 1 is 1.00 bits per heavy atom. The van der Waals surface area contributed by atoms with Crippen LogP contribution in [0.1, 0.15) is 40.7 Å². The Morgan fingerprint density at radius 2 is 1.70 bits per heavy atom. The van der Waals surface area contributed by atoms with Gasteiger partial charge in [-0.2, -0.15) is 0 Å². The second kappa shape index (κ2) is 11.1. The molecule has 0 unspecified atom stereocenters. The molecule has 0 saturated heterocycles. The number of nitrogens with zero attached hydrogens (tertiary/aromatic N) is 2. The highest BCUT2D eigenvalue weighted by Crippen LogP contribution is 2.56. The number of ether oxygens (including phenoxy) is 5. The van der Waals surface area contributed by atoms with Gasteiger partial charge in [0.25, 0.3) is 5.56 Å². The molecule has 0 bridgehead atoms. The molecule has 1 spiro atoms. The number of Topliss-reactive ketones (excluding diaryl/α,β-unsaturated/α-hetero) is 2. The summed E-state index contributed by atoms with van der Waals surface area (Å²) < 4.78 is 30.9. The van der Waals surface area contributed by atoms with Crippen molar-refractivity contribution < 1.29 is 33.3 Å². The van der Waals surface area contributed by atoms with Crippen LogP contribution in [0.5, 0.6) is 28.7 Å². The van der Waals surface area contributed by atoms with E-state index >= 15 is 4.79 Å². The minimum Gasteiger partial charge on any atom is -0.496 e. The predicted molar refractivity (Wildman–Crippen MR) is 169 cm³/mol. The average Bonchev–Trinajstić information content (AvgIpc) is 3.38. The maximum Gasteiger partial charge on any atom is 0.332 e. The molecular formula is C33H32ClN3O9. The Labute approximate surface area is 268 Å². The van der Waals surface area contributed by atoms with Crippen molar-refractivity contribution in [1.82, 2.24) is 9.13 Å². The number of hydrogen-bond acceptors (Lipinski definition) is 10. The van der Waals surface area contributed by atoms with E-state index in [0.717, 1.165) is 4.57 Å². The van der Waals surface area contributed by atoms with Crippen molar-refractivity contribution in [3.8, 4) is 28.7 Å². The maximum absolute atomic E-state index is 15.1. The van der Waals surface area contributed by atoms with Gasteiger partial charge in [0.05, 0.1) is 26.9 Å². The summed E-state index contributed by atoms with van der Waals surface area (Å²) in [4.78, 5) is 56.4. The molecule has 46 heavy (non-hydrogen) atoms. The average molecular weight is 650 g/mol. The quantitative estimate of drug-likeness (QED) is 0.298. The number of nitrogens with one attached hydrogen (secondary N) is 1. The van der Waals surface area contributed by atoms with Crippen LogP contribution in [0.3, 0.4) is 0 Å². The summed E-state index contributed by atoms with van der Waals surface area (Å²) in [5, 5.41) is 3.23. The molecule has 240 valence electrons. The van der Waals surface area contributed by atoms with E-state index < -0.39 is 40.3 Å². The van der Waals surface area contributed by atoms with Gasteiger partial charge >= 0.3 is 5.69 Å². The van der Waals surface area contributed by atoms with Crippen molar-refractivity contribution in [1.29, 1.82) is 0 Å². The van der Waals surface area contributed by atoms with Crippen molar-refractivity contribution in [2.45, 2.75) is 24.9 Å². The number of carbonyl (C=O) groups excluding carboxylic acids is 2. The fourth-order valence-corrected chi connectivity index (χ4v) is 6.92. The number of fused-ring (bicyclic) bond motifs is 2. The van der Waals surface area contributed by atoms with Crippen LogP contribution in [-0.4, -0.2) is 54.2 Å². The third-order valence-electron chi connectivity index (χ3n) is 8.95. The van der Waals surface area contributed by atoms with Gasteiger partial charge in [0.1, 0.15) is 34.5 Å². The van der Waals surface area contributed by atoms with Gasteiger partial charge in [-0.3, -0.25) is 23.5 Å². The summed E-state index contributed by atoms with van der Waals surface area (Å²) in [7, 11) is 7.21. The van der Waals surface area contributed by atoms with Gasteiger partial charge in [0.15, 0.2) is 17.2 Å². The Bertz CT molecular complexity index is 2010. The van der Waals surface area contributed by atoms with E-state index in [1.807, 2.05) is 0 Å². The van der Waals surface area contributed by atoms with Crippen molar-refractivity contribution in [3.05, 3.63) is 90.7 Å². The molecule has 2 aliphatic heterocycles. The molecule has 0 saturated carbocycles. The second-order valence-electron chi connectivity index (χ2n) is 11.3. The normalized spacial score (nSPS) is 21.2. The fraction of sp³-hybridized carbons (Fsp3) is 0.333. The first-order chi connectivity index (χ1) is 22.0. The Morgan fingerprint density at radius 3 is 2.35 bits per heavy atom. The summed E-state index contributed by atoms with van der Waals surface area (Å²) in [6, 6.07) is 6.52. The molecule has 3 aliphatic rings. The zero-order valence-electron chi connectivity index (χ0n) is 26.1. The van der Waals surface area contributed by atoms with Gasteiger partial charge in [-0.25, -0.2) is 4.79 Å². The summed E-state index contributed by atoms with van der Waals surface area (Å²) in [5.74, 6) is -1.66. The number of aromatic nitrogens is 2. The topological polar surface area (TPSA) is 136 Å². The van der Waals surface area contributed by atoms with E-state index in [-0.39, 0.29) is 57.8 Å². The second-order valence-corrected chi connectivity index (χ2v) is 11.7. The number of ketones is 2. The van der Waals surface area contributed by atoms with Crippen molar-refractivity contribution >= 4 is 29.0 Å². The standard InChI is InChI=1S/C33H32ClN3O9/c1-8-11-45-19-13-16(9-10-18(19)42-5)22-23-17(35-30-25(22)31(40)37(4)32(41)36(30)3)12-15(2)33(28(23)38)29(39)24-20(43-6)14-21(44-7)26(34)27(24)46-33/h8-10,13-15,22,35H,1,11-12H2,2-7H3/t15-,22+,33+/m1/s1. The number of hydrogen-bond donors (Lipinski definition) is 1. The minimum atomic E-state index is -2.03. The van der Waals surface area contributed by atoms with Crippen molar-refractivity contribution in [2.75, 3.05) is 33.3 Å². The molecule has 12 nitrogen and oxygen atoms in total. The molecule has 1 aliphatic carbocycles. The molecule has 3 atom stereocenters. The van der Waals surface area contributed by atoms with Crippen molar-refractivity contribution in [3.63, 3.8) is 0 Å². The van der Waals surface area contributed by atoms with E-state index in [0.29, 0.717) is 22.8 Å². The Kier molecular flexibility index (Phi) is 7.51. The molecular weight excluding hydrogens is 618 g/mol. The minimum absolute atomic E-state index is 0.0179. The first-order valence-electron chi connectivity index (χ1n) is 14.4. The first-order valence-corrected chi connectivity index (χ1v) is 14.8. The molecule has 3 aromatic rings. The van der Waals surface area contributed by atoms with Gasteiger partial charge in [0, 0.05) is 43.3 Å². The summed E-state index contributed by atoms with van der Waals surface area (Å²) >= 11 is 6.63. The number of methoxy groups -OCH3 is 3. The lowest BCUT2D eigenvalue weighted by Gasteiger charge is -2.42. The van der Waals surface area contributed by atoms with Crippen LogP contribution in [0.25, 0.3) is 0 Å². The van der Waals surface area contributed by atoms with E-state index in [1.54, 1.807) is 38.2 Å². The third kappa shape index (κ3) is 4.12. The van der Waals surface area contributed by atoms with Crippen LogP contribution < -0.4 is 40.3 Å². The van der Waals surface area contributed by atoms with E-state index in [9.17, 15) is 14.4 Å². The van der Waals surface area contributed by atoms with E-state index in [1.165, 1.54) is 39.0 Å². The number of allylic oxidation sites excluding steroid dienone is 1. The number of carbonyl (C=O) groups is 2. The molecule has 1 N–H and O–H groups in total. The Hall–Kier alpha value is -4.97. The lowest BCUT2D eigenvalue weighted by atomic mass is 9.66. The number of rotatable bonds is 7. The van der Waals surface area contributed by atoms with Crippen molar-refractivity contribution in [2.24, 2.45) is 20.0 Å². The van der Waals surface area contributed by atoms with Crippen LogP contribution in [0.15, 0.2) is 57.8 Å². The highest BCUT2D eigenvalue weighted by Gasteiger charge is 2.63. The number of benzene rings is 2. The molecule has 3 heterocycles. The van der Waals surface area contributed by atoms with E-state index in [2.05, 4.69) is 11.9 Å². The molecule has 13 heteroatoms. The largest absolute Gasteiger partial charge is 0.496 e. The third-order valence-corrected chi connectivity index (χ3v) is 9.31. The molecule has 0 fully saturated rings. The molecule has 0 radical (unpaired) electrons. The first kappa shape index (κ1) is 31.0. The lowest BCUT2D eigenvalue weighted by Crippen LogP contribution is -2.58. The highest BCUT2D eigenvalue weighted by molar-refractivity contribution is 6.36. The van der Waals surface area contributed by atoms with Gasteiger partial charge in [0.2, 0.25) is 17.2 Å². The lowest BCUT2D eigenvalue weighted by molar-refractivity contribution is -0.130. The summed E-state index contributed by atoms with van der Waals surface area (Å²) in [5.41, 5.74) is -1.92. The summed E-state index contributed by atoms with van der Waals surface area (Å²) in [6.45, 7) is 5.60. The SMILES string of the molecule is C=CCOc1cc([C@H]2C3=C(C[C@@H](C)[C@]4(Oc5c(Cl)c(OC)cc(OC)c5C4=O)C3=O)Nc3c2c(=O)n(C)c(=O)n3C)ccc1OC. The van der Waals surface area contributed by atoms with Crippen LogP contribution in [0.4, 0.5) is 5.82 Å². The van der Waals surface area contributed by atoms with E-state index in [4.69, 9.17) is 35.3 Å². The Balaban J connectivity index is 1.62. The maximum atomic E-state index is 15.1. The van der Waals surface area contributed by atoms with Crippen LogP contribution in [0, 0.1) is 5.92 Å². The number of halogens is 1. The summed E-state index contributed by atoms with van der Waals surface area (Å²) in [6.07, 6.45) is 1.73. The van der Waals surface area contributed by atoms with Crippen LogP contribution >= 0.6 is 11.6 Å².